The normalized spacial score (nSPS) is 14.1. The van der Waals surface area contributed by atoms with Crippen LogP contribution in [0.15, 0.2) is 48.9 Å². The predicted molar refractivity (Wildman–Crippen MR) is 175 cm³/mol. The van der Waals surface area contributed by atoms with Gasteiger partial charge in [0.1, 0.15) is 27.9 Å². The van der Waals surface area contributed by atoms with Crippen molar-refractivity contribution in [2.45, 2.75) is 61.4 Å². The zero-order chi connectivity index (χ0) is 29.6. The molecule has 2 unspecified atom stereocenters. The summed E-state index contributed by atoms with van der Waals surface area (Å²) < 4.78 is 8.07. The molecule has 0 bridgehead atoms. The van der Waals surface area contributed by atoms with Crippen LogP contribution in [0.2, 0.25) is 5.11 Å². The Morgan fingerprint density at radius 2 is 1.82 bits per heavy atom. The smallest absolute Gasteiger partial charge is 0.166 e. The van der Waals surface area contributed by atoms with E-state index in [2.05, 4.69) is 28.8 Å². The van der Waals surface area contributed by atoms with Crippen LogP contribution in [0.4, 0.5) is 5.82 Å². The molecule has 206 valence electrons. The Morgan fingerprint density at radius 3 is 2.48 bits per heavy atom. The first-order valence-corrected chi connectivity index (χ1v) is 14.0. The molecule has 0 saturated carbocycles. The number of unbranched alkanes of at least 4 members (excludes halogenated alkanes) is 1. The van der Waals surface area contributed by atoms with E-state index in [1.807, 2.05) is 70.9 Å². The van der Waals surface area contributed by atoms with Gasteiger partial charge in [-0.05, 0) is 43.1 Å². The van der Waals surface area contributed by atoms with Crippen LogP contribution >= 0.6 is 0 Å². The van der Waals surface area contributed by atoms with Gasteiger partial charge >= 0.3 is 0 Å². The van der Waals surface area contributed by atoms with Gasteiger partial charge < -0.3 is 26.4 Å². The van der Waals surface area contributed by atoms with E-state index in [1.165, 1.54) is 0 Å². The third kappa shape index (κ3) is 7.57. The number of hydrogen-bond acceptors (Lipinski definition) is 7. The van der Waals surface area contributed by atoms with Crippen LogP contribution in [0.3, 0.4) is 0 Å². The van der Waals surface area contributed by atoms with Crippen molar-refractivity contribution in [3.63, 3.8) is 0 Å². The molecule has 2 atom stereocenters. The van der Waals surface area contributed by atoms with Crippen molar-refractivity contribution in [1.29, 1.82) is 0 Å². The number of anilines is 1. The van der Waals surface area contributed by atoms with E-state index in [-0.39, 0.29) is 12.6 Å². The van der Waals surface area contributed by atoms with Gasteiger partial charge in [-0.25, -0.2) is 4.98 Å². The number of nitrogens with two attached hydrogens (primary N) is 2. The van der Waals surface area contributed by atoms with Gasteiger partial charge in [0.25, 0.3) is 0 Å². The van der Waals surface area contributed by atoms with Gasteiger partial charge in [0.15, 0.2) is 11.6 Å². The molecule has 2 aromatic heterocycles. The fourth-order valence-electron chi connectivity index (χ4n) is 4.78. The minimum atomic E-state index is -1.61. The molecule has 13 heteroatoms. The Morgan fingerprint density at radius 1 is 1.07 bits per heavy atom. The first-order valence-electron chi connectivity index (χ1n) is 14.0. The summed E-state index contributed by atoms with van der Waals surface area (Å²) in [4.78, 5) is 4.35. The Bertz CT molecular complexity index is 1330. The monoisotopic (exact) mass is 537 g/mol. The largest absolute Gasteiger partial charge is 0.485 e. The number of nitrogen functional groups attached to an aromatic ring is 1. The van der Waals surface area contributed by atoms with Crippen molar-refractivity contribution in [1.82, 2.24) is 14.8 Å². The molecule has 6 N–H and O–H groups in total. The Balaban J connectivity index is 1.78. The van der Waals surface area contributed by atoms with Gasteiger partial charge in [-0.2, -0.15) is 5.10 Å². The highest BCUT2D eigenvalue weighted by Gasteiger charge is 2.48. The number of aromatic nitrogens is 3. The number of pyridine rings is 1. The fourth-order valence-corrected chi connectivity index (χ4v) is 4.78. The number of nitrogens with zero attached hydrogens (tertiary/aromatic N) is 3. The highest BCUT2D eigenvalue weighted by atomic mass is 16.5. The molecule has 40 heavy (non-hydrogen) atoms. The van der Waals surface area contributed by atoms with Crippen LogP contribution in [0.1, 0.15) is 49.8 Å². The van der Waals surface area contributed by atoms with E-state index >= 15 is 0 Å². The average molecular weight is 537 g/mol. The van der Waals surface area contributed by atoms with Gasteiger partial charge in [-0.1, -0.05) is 48.9 Å². The number of hydrogen-bond donors (Lipinski definition) is 4. The summed E-state index contributed by atoms with van der Waals surface area (Å²) in [5.74, 6) is 6.75. The molecular formula is C27H40B5N5O3. The minimum Gasteiger partial charge on any atom is -0.485 e. The van der Waals surface area contributed by atoms with E-state index in [0.29, 0.717) is 23.7 Å². The van der Waals surface area contributed by atoms with Crippen LogP contribution in [-0.4, -0.2) is 81.8 Å². The van der Waals surface area contributed by atoms with Crippen molar-refractivity contribution in [3.8, 4) is 28.7 Å². The summed E-state index contributed by atoms with van der Waals surface area (Å²) in [7, 11) is 8.70. The van der Waals surface area contributed by atoms with E-state index in [9.17, 15) is 10.2 Å². The van der Waals surface area contributed by atoms with Crippen LogP contribution in [-0.2, 0) is 6.61 Å². The molecule has 0 radical (unpaired) electrons. The number of rotatable bonds is 12. The number of aliphatic hydroxyl groups is 2. The van der Waals surface area contributed by atoms with Crippen molar-refractivity contribution in [3.05, 3.63) is 60.0 Å². The van der Waals surface area contributed by atoms with Crippen molar-refractivity contribution >= 4 is 45.0 Å². The van der Waals surface area contributed by atoms with Crippen molar-refractivity contribution in [2.75, 3.05) is 12.3 Å². The fraction of sp³-hybridized carbons (Fsp3) is 0.407. The lowest BCUT2D eigenvalue weighted by atomic mass is 9.30. The molecule has 8 nitrogen and oxygen atoms in total. The van der Waals surface area contributed by atoms with Crippen LogP contribution in [0.5, 0.6) is 5.75 Å². The maximum Gasteiger partial charge on any atom is 0.166 e. The second-order valence-corrected chi connectivity index (χ2v) is 11.9. The Kier molecular flexibility index (Phi) is 10.3. The zero-order valence-electron chi connectivity index (χ0n) is 24.7. The average Bonchev–Trinajstić information content (AvgIpc) is 3.38. The molecule has 1 aromatic carbocycles. The zero-order valence-corrected chi connectivity index (χ0v) is 24.7. The summed E-state index contributed by atoms with van der Waals surface area (Å²) in [6, 6.07) is 9.72. The second-order valence-electron chi connectivity index (χ2n) is 11.9. The quantitative estimate of drug-likeness (QED) is 0.158. The summed E-state index contributed by atoms with van der Waals surface area (Å²) >= 11 is 0. The molecule has 3 rings (SSSR count). The summed E-state index contributed by atoms with van der Waals surface area (Å²) in [5, 5.41) is 24.4. The van der Waals surface area contributed by atoms with E-state index in [1.54, 1.807) is 21.9 Å². The van der Waals surface area contributed by atoms with Gasteiger partial charge in [-0.15, -0.1) is 0 Å². The van der Waals surface area contributed by atoms with Gasteiger partial charge in [0.05, 0.1) is 35.8 Å². The molecule has 0 saturated heterocycles. The third-order valence-corrected chi connectivity index (χ3v) is 7.26. The van der Waals surface area contributed by atoms with Crippen LogP contribution in [0.25, 0.3) is 11.1 Å². The van der Waals surface area contributed by atoms with E-state index in [0.717, 1.165) is 42.4 Å². The summed E-state index contributed by atoms with van der Waals surface area (Å²) in [5.41, 5.74) is 13.8. The van der Waals surface area contributed by atoms with Gasteiger partial charge in [0.2, 0.25) is 0 Å². The molecule has 3 aromatic rings. The first kappa shape index (κ1) is 31.5. The second kappa shape index (κ2) is 13.1. The number of ether oxygens (including phenoxy) is 1. The third-order valence-electron chi connectivity index (χ3n) is 7.26. The Labute approximate surface area is 242 Å². The molecule has 0 fully saturated rings. The maximum absolute atomic E-state index is 11.2. The Hall–Kier alpha value is -3.06. The summed E-state index contributed by atoms with van der Waals surface area (Å²) in [6.45, 7) is 3.06. The first-order chi connectivity index (χ1) is 18.8. The molecular weight excluding hydrogens is 496 g/mol. The summed E-state index contributed by atoms with van der Waals surface area (Å²) in [6.07, 6.45) is 9.77. The SMILES string of the molecule is BC(B)(B)C(O)(C#Cc1cccc(COc2cc(-c3cnn(C(CCN)CCCC)c3)cnc2N)c1)C(B)(B)O. The maximum atomic E-state index is 11.2. The highest BCUT2D eigenvalue weighted by molar-refractivity contribution is 6.61. The standard InChI is InChI=1S/C27H40B5N5O3/c1-2-3-7-22(9-11-33)37-16-21(15-36-37)20-13-23(24(34)35-14-20)40-17-19-6-4-5-18(12-19)8-10-25(38,26(28,29)30)27(31,32)39/h4-6,12-16,22,38-39H,2-3,7,9,11,17,28-33H2,1H3,(H2,34,35). The van der Waals surface area contributed by atoms with Gasteiger partial charge in [0, 0.05) is 34.5 Å². The van der Waals surface area contributed by atoms with Crippen molar-refractivity contribution in [2.24, 2.45) is 5.73 Å². The molecule has 0 aliphatic heterocycles. The van der Waals surface area contributed by atoms with Crippen LogP contribution in [0, 0.1) is 11.8 Å². The molecule has 2 heterocycles. The molecule has 0 spiro atoms. The topological polar surface area (TPSA) is 132 Å². The van der Waals surface area contributed by atoms with E-state index in [4.69, 9.17) is 16.2 Å². The lowest BCUT2D eigenvalue weighted by molar-refractivity contribution is -0.0129. The van der Waals surface area contributed by atoms with Crippen molar-refractivity contribution < 1.29 is 14.9 Å². The minimum absolute atomic E-state index is 0.259. The lowest BCUT2D eigenvalue weighted by Crippen LogP contribution is -2.62. The lowest BCUT2D eigenvalue weighted by Gasteiger charge is -2.45. The molecule has 0 amide bonds. The van der Waals surface area contributed by atoms with Gasteiger partial charge in [-0.3, -0.25) is 4.68 Å². The van der Waals surface area contributed by atoms with E-state index < -0.39 is 16.1 Å². The number of benzene rings is 1. The molecule has 0 aliphatic rings. The predicted octanol–water partition coefficient (Wildman–Crippen LogP) is -1.85. The van der Waals surface area contributed by atoms with Crippen LogP contribution < -0.4 is 16.2 Å². The molecule has 0 aliphatic carbocycles. The highest BCUT2D eigenvalue weighted by Crippen LogP contribution is 2.35.